The minimum Gasteiger partial charge on any atom is -0.339 e. The van der Waals surface area contributed by atoms with E-state index in [1.54, 1.807) is 0 Å². The summed E-state index contributed by atoms with van der Waals surface area (Å²) in [6, 6.07) is 10.1. The highest BCUT2D eigenvalue weighted by Crippen LogP contribution is 2.30. The van der Waals surface area contributed by atoms with Crippen LogP contribution in [0, 0.1) is 0 Å². The van der Waals surface area contributed by atoms with Crippen molar-refractivity contribution < 1.29 is 0 Å². The maximum atomic E-state index is 4.59. The predicted molar refractivity (Wildman–Crippen MR) is 101 cm³/mol. The summed E-state index contributed by atoms with van der Waals surface area (Å²) in [5.74, 6) is 3.49. The second kappa shape index (κ2) is 7.09. The van der Waals surface area contributed by atoms with Crippen molar-refractivity contribution in [1.29, 1.82) is 0 Å². The molecule has 0 N–H and O–H groups in total. The van der Waals surface area contributed by atoms with Crippen LogP contribution in [0.3, 0.4) is 0 Å². The highest BCUT2D eigenvalue weighted by Gasteiger charge is 2.29. The van der Waals surface area contributed by atoms with Gasteiger partial charge in [0.25, 0.3) is 0 Å². The molecule has 2 aliphatic rings. The van der Waals surface area contributed by atoms with Gasteiger partial charge in [0.1, 0.15) is 11.6 Å². The van der Waals surface area contributed by atoms with E-state index in [1.165, 1.54) is 19.3 Å². The largest absolute Gasteiger partial charge is 0.339 e. The number of hydrogen-bond donors (Lipinski definition) is 0. The smallest absolute Gasteiger partial charge is 0.250 e. The van der Waals surface area contributed by atoms with Gasteiger partial charge in [-0.3, -0.25) is 0 Å². The molecule has 0 saturated carbocycles. The molecule has 2 aliphatic heterocycles. The first-order chi connectivity index (χ1) is 13.4. The Kier molecular flexibility index (Phi) is 4.31. The van der Waals surface area contributed by atoms with Gasteiger partial charge >= 0.3 is 0 Å². The van der Waals surface area contributed by atoms with Gasteiger partial charge in [-0.25, -0.2) is 0 Å². The van der Waals surface area contributed by atoms with Crippen LogP contribution in [-0.4, -0.2) is 48.1 Å². The molecule has 27 heavy (non-hydrogen) atoms. The fraction of sp³-hybridized carbons (Fsp3) is 0.526. The van der Waals surface area contributed by atoms with Crippen molar-refractivity contribution in [2.75, 3.05) is 18.0 Å². The van der Waals surface area contributed by atoms with Crippen LogP contribution in [0.25, 0.3) is 5.69 Å². The van der Waals surface area contributed by atoms with Crippen molar-refractivity contribution in [3.8, 4) is 5.69 Å². The molecule has 5 rings (SSSR count). The Labute approximate surface area is 158 Å². The van der Waals surface area contributed by atoms with Gasteiger partial charge in [0.05, 0.1) is 5.69 Å². The van der Waals surface area contributed by atoms with Crippen LogP contribution in [0.4, 0.5) is 5.95 Å². The first-order valence-corrected chi connectivity index (χ1v) is 9.91. The Balaban J connectivity index is 1.42. The predicted octanol–water partition coefficient (Wildman–Crippen LogP) is 2.36. The number of hydrogen-bond acceptors (Lipinski definition) is 6. The van der Waals surface area contributed by atoms with Gasteiger partial charge in [-0.15, -0.1) is 10.2 Å². The van der Waals surface area contributed by atoms with Gasteiger partial charge in [0, 0.05) is 32.0 Å². The van der Waals surface area contributed by atoms with Crippen molar-refractivity contribution in [2.45, 2.75) is 51.0 Å². The average molecular weight is 364 g/mol. The molecule has 1 fully saturated rings. The first-order valence-electron chi connectivity index (χ1n) is 9.91. The molecule has 0 aliphatic carbocycles. The summed E-state index contributed by atoms with van der Waals surface area (Å²) in [6.45, 7) is 2.89. The number of benzene rings is 1. The van der Waals surface area contributed by atoms with Crippen molar-refractivity contribution in [3.05, 3.63) is 42.0 Å². The number of piperidine rings is 1. The monoisotopic (exact) mass is 364 g/mol. The Morgan fingerprint density at radius 1 is 0.889 bits per heavy atom. The fourth-order valence-electron chi connectivity index (χ4n) is 4.29. The topological polar surface area (TPSA) is 77.6 Å². The number of aromatic nitrogens is 7. The van der Waals surface area contributed by atoms with Crippen LogP contribution in [0.5, 0.6) is 0 Å². The van der Waals surface area contributed by atoms with Gasteiger partial charge in [0.15, 0.2) is 0 Å². The SMILES string of the molecule is c1ccc(-n2nnnc2N2CCC[C@@H](c3nnc4n3CCCCC4)C2)cc1. The van der Waals surface area contributed by atoms with Crippen LogP contribution in [0.15, 0.2) is 30.3 Å². The lowest BCUT2D eigenvalue weighted by Gasteiger charge is -2.32. The summed E-state index contributed by atoms with van der Waals surface area (Å²) in [4.78, 5) is 2.29. The summed E-state index contributed by atoms with van der Waals surface area (Å²) >= 11 is 0. The molecule has 3 aromatic rings. The van der Waals surface area contributed by atoms with E-state index in [2.05, 4.69) is 35.2 Å². The molecule has 0 amide bonds. The Bertz CT molecular complexity index is 900. The number of fused-ring (bicyclic) bond motifs is 1. The summed E-state index contributed by atoms with van der Waals surface area (Å²) in [5, 5.41) is 21.5. The number of tetrazole rings is 1. The van der Waals surface area contributed by atoms with Crippen LogP contribution in [-0.2, 0) is 13.0 Å². The molecule has 1 atom stereocenters. The van der Waals surface area contributed by atoms with Crippen molar-refractivity contribution in [3.63, 3.8) is 0 Å². The molecular formula is C19H24N8. The van der Waals surface area contributed by atoms with E-state index in [1.807, 2.05) is 35.0 Å². The molecular weight excluding hydrogens is 340 g/mol. The number of aryl methyl sites for hydroxylation is 1. The molecule has 8 nitrogen and oxygen atoms in total. The second-order valence-corrected chi connectivity index (χ2v) is 7.45. The van der Waals surface area contributed by atoms with Crippen LogP contribution in [0.2, 0.25) is 0 Å². The molecule has 0 bridgehead atoms. The molecule has 140 valence electrons. The number of para-hydroxylation sites is 1. The van der Waals surface area contributed by atoms with Gasteiger partial charge in [-0.1, -0.05) is 29.7 Å². The standard InChI is InChI=1S/C19H24N8/c1-3-9-16(10-4-1)27-19(22-23-24-27)25-12-7-8-15(14-25)18-21-20-17-11-5-2-6-13-26(17)18/h1,3-4,9-10,15H,2,5-8,11-14H2/t15-/m1/s1. The normalized spacial score (nSPS) is 20.3. The lowest BCUT2D eigenvalue weighted by atomic mass is 9.97. The minimum atomic E-state index is 0.374. The summed E-state index contributed by atoms with van der Waals surface area (Å²) in [5.41, 5.74) is 0.982. The molecule has 0 unspecified atom stereocenters. The maximum absolute atomic E-state index is 4.59. The highest BCUT2D eigenvalue weighted by molar-refractivity contribution is 5.41. The van der Waals surface area contributed by atoms with E-state index in [0.29, 0.717) is 5.92 Å². The van der Waals surface area contributed by atoms with Gasteiger partial charge < -0.3 is 9.47 Å². The summed E-state index contributed by atoms with van der Waals surface area (Å²) in [6.07, 6.45) is 7.03. The second-order valence-electron chi connectivity index (χ2n) is 7.45. The molecule has 1 aromatic carbocycles. The van der Waals surface area contributed by atoms with Gasteiger partial charge in [0.2, 0.25) is 5.95 Å². The lowest BCUT2D eigenvalue weighted by Crippen LogP contribution is -2.37. The summed E-state index contributed by atoms with van der Waals surface area (Å²) < 4.78 is 4.20. The quantitative estimate of drug-likeness (QED) is 0.710. The number of anilines is 1. The molecule has 0 spiro atoms. The van der Waals surface area contributed by atoms with E-state index >= 15 is 0 Å². The molecule has 8 heteroatoms. The van der Waals surface area contributed by atoms with Crippen molar-refractivity contribution >= 4 is 5.95 Å². The third-order valence-corrected chi connectivity index (χ3v) is 5.66. The van der Waals surface area contributed by atoms with Crippen molar-refractivity contribution in [1.82, 2.24) is 35.0 Å². The Hall–Kier alpha value is -2.77. The minimum absolute atomic E-state index is 0.374. The maximum Gasteiger partial charge on any atom is 0.250 e. The molecule has 0 radical (unpaired) electrons. The van der Waals surface area contributed by atoms with Crippen molar-refractivity contribution in [2.24, 2.45) is 0 Å². The number of rotatable bonds is 3. The van der Waals surface area contributed by atoms with E-state index < -0.39 is 0 Å². The highest BCUT2D eigenvalue weighted by atomic mass is 15.6. The third-order valence-electron chi connectivity index (χ3n) is 5.66. The summed E-state index contributed by atoms with van der Waals surface area (Å²) in [7, 11) is 0. The molecule has 2 aromatic heterocycles. The zero-order valence-electron chi connectivity index (χ0n) is 15.4. The van der Waals surface area contributed by atoms with Gasteiger partial charge in [-0.05, 0) is 48.2 Å². The first kappa shape index (κ1) is 16.4. The van der Waals surface area contributed by atoms with E-state index in [0.717, 1.165) is 62.2 Å². The zero-order chi connectivity index (χ0) is 18.1. The average Bonchev–Trinajstić information content (AvgIpc) is 3.31. The number of nitrogens with zero attached hydrogens (tertiary/aromatic N) is 8. The van der Waals surface area contributed by atoms with E-state index in [9.17, 15) is 0 Å². The van der Waals surface area contributed by atoms with Crippen LogP contribution < -0.4 is 4.90 Å². The van der Waals surface area contributed by atoms with Crippen LogP contribution in [0.1, 0.15) is 49.7 Å². The Morgan fingerprint density at radius 2 is 1.81 bits per heavy atom. The Morgan fingerprint density at radius 3 is 2.74 bits per heavy atom. The van der Waals surface area contributed by atoms with Gasteiger partial charge in [-0.2, -0.15) is 4.68 Å². The van der Waals surface area contributed by atoms with E-state index in [4.69, 9.17) is 0 Å². The molecule has 1 saturated heterocycles. The van der Waals surface area contributed by atoms with Crippen LogP contribution >= 0.6 is 0 Å². The molecule has 4 heterocycles. The lowest BCUT2D eigenvalue weighted by molar-refractivity contribution is 0.459. The fourth-order valence-corrected chi connectivity index (χ4v) is 4.29. The zero-order valence-corrected chi connectivity index (χ0v) is 15.4. The van der Waals surface area contributed by atoms with E-state index in [-0.39, 0.29) is 0 Å². The third kappa shape index (κ3) is 3.09.